The van der Waals surface area contributed by atoms with Crippen molar-refractivity contribution in [1.82, 2.24) is 19.8 Å². The normalized spacial score (nSPS) is 19.0. The fourth-order valence-corrected chi connectivity index (χ4v) is 4.65. The van der Waals surface area contributed by atoms with Gasteiger partial charge in [-0.25, -0.2) is 9.97 Å². The summed E-state index contributed by atoms with van der Waals surface area (Å²) in [5.41, 5.74) is 3.37. The van der Waals surface area contributed by atoms with Gasteiger partial charge in [0, 0.05) is 44.2 Å². The lowest BCUT2D eigenvalue weighted by Gasteiger charge is -2.35. The van der Waals surface area contributed by atoms with Crippen LogP contribution in [0.3, 0.4) is 0 Å². The second-order valence-electron chi connectivity index (χ2n) is 9.20. The van der Waals surface area contributed by atoms with E-state index in [1.807, 2.05) is 36.9 Å². The average Bonchev–Trinajstić information content (AvgIpc) is 2.77. The minimum atomic E-state index is -0.0455. The number of piperidine rings is 1. The number of carbonyl (C=O) groups is 1. The molecule has 2 aliphatic rings. The number of ether oxygens (including phenoxy) is 1. The van der Waals surface area contributed by atoms with Crippen LogP contribution in [-0.2, 0) is 24.3 Å². The predicted molar refractivity (Wildman–Crippen MR) is 126 cm³/mol. The van der Waals surface area contributed by atoms with Crippen molar-refractivity contribution >= 4 is 11.7 Å². The molecule has 2 aliphatic heterocycles. The molecule has 0 radical (unpaired) electrons. The quantitative estimate of drug-likeness (QED) is 0.738. The van der Waals surface area contributed by atoms with Gasteiger partial charge in [-0.2, -0.15) is 0 Å². The van der Waals surface area contributed by atoms with Gasteiger partial charge >= 0.3 is 0 Å². The molecule has 1 atom stereocenters. The first-order valence-corrected chi connectivity index (χ1v) is 11.8. The van der Waals surface area contributed by atoms with Gasteiger partial charge in [-0.05, 0) is 52.6 Å². The van der Waals surface area contributed by atoms with Crippen molar-refractivity contribution < 1.29 is 9.53 Å². The predicted octanol–water partition coefficient (Wildman–Crippen LogP) is 3.94. The molecule has 0 unspecified atom stereocenters. The average molecular weight is 438 g/mol. The summed E-state index contributed by atoms with van der Waals surface area (Å²) in [4.78, 5) is 26.5. The number of rotatable bonds is 6. The van der Waals surface area contributed by atoms with E-state index in [2.05, 4.69) is 23.3 Å². The number of anilines is 1. The molecule has 1 amide bonds. The monoisotopic (exact) mass is 437 g/mol. The van der Waals surface area contributed by atoms with E-state index in [0.717, 1.165) is 74.0 Å². The lowest BCUT2D eigenvalue weighted by atomic mass is 10.00. The molecule has 0 spiro atoms. The Hall–Kier alpha value is -2.67. The summed E-state index contributed by atoms with van der Waals surface area (Å²) in [6.07, 6.45) is 4.09. The fraction of sp³-hybridized carbons (Fsp3) is 0.560. The van der Waals surface area contributed by atoms with Crippen LogP contribution in [0, 0.1) is 0 Å². The molecule has 172 valence electrons. The van der Waals surface area contributed by atoms with E-state index in [9.17, 15) is 4.79 Å². The number of nitrogens with zero attached hydrogens (tertiary/aromatic N) is 4. The summed E-state index contributed by atoms with van der Waals surface area (Å²) in [5.74, 6) is 2.66. The zero-order valence-corrected chi connectivity index (χ0v) is 19.7. The summed E-state index contributed by atoms with van der Waals surface area (Å²) in [6, 6.07) is 8.09. The molecule has 0 bridgehead atoms. The van der Waals surface area contributed by atoms with Gasteiger partial charge in [0.15, 0.2) is 5.82 Å². The Morgan fingerprint density at radius 3 is 2.81 bits per heavy atom. The van der Waals surface area contributed by atoms with Gasteiger partial charge in [0.2, 0.25) is 5.91 Å². The van der Waals surface area contributed by atoms with Gasteiger partial charge in [0.25, 0.3) is 0 Å². The van der Waals surface area contributed by atoms with Crippen LogP contribution in [0.4, 0.5) is 5.82 Å². The van der Waals surface area contributed by atoms with Gasteiger partial charge in [-0.3, -0.25) is 4.79 Å². The lowest BCUT2D eigenvalue weighted by molar-refractivity contribution is -0.132. The summed E-state index contributed by atoms with van der Waals surface area (Å²) in [6.45, 7) is 8.93. The van der Waals surface area contributed by atoms with E-state index >= 15 is 0 Å². The van der Waals surface area contributed by atoms with Crippen molar-refractivity contribution in [3.05, 3.63) is 46.9 Å². The number of hydrogen-bond acceptors (Lipinski definition) is 6. The Balaban J connectivity index is 1.65. The first-order valence-electron chi connectivity index (χ1n) is 11.8. The van der Waals surface area contributed by atoms with Crippen molar-refractivity contribution in [2.45, 2.75) is 71.7 Å². The van der Waals surface area contributed by atoms with Gasteiger partial charge in [-0.1, -0.05) is 18.2 Å². The molecule has 0 saturated carbocycles. The van der Waals surface area contributed by atoms with E-state index < -0.39 is 0 Å². The Morgan fingerprint density at radius 2 is 2.03 bits per heavy atom. The molecule has 4 rings (SSSR count). The third kappa shape index (κ3) is 5.04. The van der Waals surface area contributed by atoms with Crippen LogP contribution in [0.5, 0.6) is 5.75 Å². The van der Waals surface area contributed by atoms with E-state index in [0.29, 0.717) is 6.54 Å². The van der Waals surface area contributed by atoms with E-state index in [-0.39, 0.29) is 18.1 Å². The zero-order valence-electron chi connectivity index (χ0n) is 19.7. The van der Waals surface area contributed by atoms with E-state index in [4.69, 9.17) is 14.7 Å². The summed E-state index contributed by atoms with van der Waals surface area (Å²) in [7, 11) is 2.12. The van der Waals surface area contributed by atoms with Crippen LogP contribution in [-0.4, -0.2) is 51.9 Å². The maximum absolute atomic E-state index is 12.3. The molecule has 7 nitrogen and oxygen atoms in total. The number of nitrogens with one attached hydrogen (secondary N) is 1. The smallest absolute Gasteiger partial charge is 0.220 e. The Morgan fingerprint density at radius 1 is 1.22 bits per heavy atom. The molecule has 1 aromatic heterocycles. The van der Waals surface area contributed by atoms with E-state index in [1.54, 1.807) is 6.92 Å². The highest BCUT2D eigenvalue weighted by Crippen LogP contribution is 2.32. The maximum atomic E-state index is 12.3. The highest BCUT2D eigenvalue weighted by molar-refractivity contribution is 5.73. The minimum absolute atomic E-state index is 0.0455. The van der Waals surface area contributed by atoms with Crippen molar-refractivity contribution in [2.24, 2.45) is 0 Å². The number of carbonyl (C=O) groups excluding carboxylic acids is 1. The van der Waals surface area contributed by atoms with Crippen LogP contribution < -0.4 is 10.1 Å². The van der Waals surface area contributed by atoms with Gasteiger partial charge in [0.1, 0.15) is 11.6 Å². The van der Waals surface area contributed by atoms with Crippen molar-refractivity contribution in [3.8, 4) is 5.75 Å². The molecule has 1 fully saturated rings. The first kappa shape index (κ1) is 22.5. The largest absolute Gasteiger partial charge is 0.491 e. The molecule has 7 heteroatoms. The Labute approximate surface area is 191 Å². The van der Waals surface area contributed by atoms with Crippen LogP contribution >= 0.6 is 0 Å². The summed E-state index contributed by atoms with van der Waals surface area (Å²) >= 11 is 0. The first-order chi connectivity index (χ1) is 15.4. The highest BCUT2D eigenvalue weighted by Gasteiger charge is 2.30. The molecular weight excluding hydrogens is 402 g/mol. The Bertz CT molecular complexity index is 961. The molecule has 3 heterocycles. The summed E-state index contributed by atoms with van der Waals surface area (Å²) in [5, 5.41) is 3.59. The van der Waals surface area contributed by atoms with Crippen LogP contribution in [0.1, 0.15) is 68.7 Å². The fourth-order valence-electron chi connectivity index (χ4n) is 4.65. The second-order valence-corrected chi connectivity index (χ2v) is 9.20. The number of hydrogen-bond donors (Lipinski definition) is 1. The summed E-state index contributed by atoms with van der Waals surface area (Å²) < 4.78 is 6.00. The number of amides is 1. The van der Waals surface area contributed by atoms with Crippen molar-refractivity contribution in [1.29, 1.82) is 0 Å². The molecule has 0 aliphatic carbocycles. The van der Waals surface area contributed by atoms with Crippen LogP contribution in [0.25, 0.3) is 0 Å². The molecule has 1 N–H and O–H groups in total. The number of likely N-dealkylation sites (tertiary alicyclic amines) is 1. The number of benzene rings is 1. The number of aromatic nitrogens is 2. The van der Waals surface area contributed by atoms with Crippen molar-refractivity contribution in [2.75, 3.05) is 25.5 Å². The van der Waals surface area contributed by atoms with Gasteiger partial charge in [-0.15, -0.1) is 0 Å². The number of likely N-dealkylation sites (N-methyl/N-ethyl adjacent to an activating group) is 1. The third-order valence-corrected chi connectivity index (χ3v) is 6.26. The second kappa shape index (κ2) is 9.86. The lowest BCUT2D eigenvalue weighted by Crippen LogP contribution is -2.38. The zero-order chi connectivity index (χ0) is 22.7. The Kier molecular flexibility index (Phi) is 6.94. The molecule has 32 heavy (non-hydrogen) atoms. The molecular formula is C25H35N5O2. The maximum Gasteiger partial charge on any atom is 0.220 e. The topological polar surface area (TPSA) is 70.6 Å². The molecule has 2 aromatic rings. The molecule has 1 saturated heterocycles. The van der Waals surface area contributed by atoms with Crippen molar-refractivity contribution in [3.63, 3.8) is 0 Å². The third-order valence-electron chi connectivity index (χ3n) is 6.26. The van der Waals surface area contributed by atoms with E-state index in [1.165, 1.54) is 5.56 Å². The van der Waals surface area contributed by atoms with Crippen LogP contribution in [0.15, 0.2) is 24.3 Å². The standard InChI is InChI=1S/C25H35N5O2/c1-17(2)32-23-11-6-5-9-19(23)15-26-24-20-12-14-29(4)16-21(20)27-25(28-24)22-10-7-8-13-30(22)18(3)31/h5-6,9,11,17,22H,7-8,10,12-16H2,1-4H3,(H,26,27,28)/t22-/m0/s1. The minimum Gasteiger partial charge on any atom is -0.491 e. The number of fused-ring (bicyclic) bond motifs is 1. The SMILES string of the molecule is CC(=O)N1CCCC[C@H]1c1nc2c(c(NCc3ccccc3OC(C)C)n1)CCN(C)C2. The van der Waals surface area contributed by atoms with Gasteiger partial charge < -0.3 is 19.9 Å². The highest BCUT2D eigenvalue weighted by atomic mass is 16.5. The molecule has 1 aromatic carbocycles. The van der Waals surface area contributed by atoms with Gasteiger partial charge in [0.05, 0.1) is 17.8 Å². The number of para-hydroxylation sites is 1. The van der Waals surface area contributed by atoms with Crippen LogP contribution in [0.2, 0.25) is 0 Å².